The van der Waals surface area contributed by atoms with Gasteiger partial charge in [0.05, 0.1) is 18.3 Å². The molecule has 0 fully saturated rings. The van der Waals surface area contributed by atoms with Crippen LogP contribution in [0.5, 0.6) is 0 Å². The maximum absolute atomic E-state index is 12.4. The Balaban J connectivity index is 1.92. The van der Waals surface area contributed by atoms with Gasteiger partial charge in [-0.05, 0) is 24.1 Å². The van der Waals surface area contributed by atoms with E-state index in [2.05, 4.69) is 0 Å². The van der Waals surface area contributed by atoms with Crippen LogP contribution in [0.4, 0.5) is 10.5 Å². The molecule has 1 aliphatic rings. The van der Waals surface area contributed by atoms with Crippen molar-refractivity contribution in [1.29, 1.82) is 0 Å². The minimum atomic E-state index is -0.327. The van der Waals surface area contributed by atoms with E-state index in [1.54, 1.807) is 4.90 Å². The van der Waals surface area contributed by atoms with Gasteiger partial charge in [0.1, 0.15) is 0 Å². The maximum Gasteiger partial charge on any atom is 0.415 e. The average molecular weight is 305 g/mol. The molecule has 2 aromatic carbocycles. The molecule has 23 heavy (non-hydrogen) atoms. The Labute approximate surface area is 136 Å². The number of fused-ring (bicyclic) bond motifs is 1. The number of anilines is 1. The molecule has 1 heterocycles. The van der Waals surface area contributed by atoms with E-state index in [1.807, 2.05) is 85.8 Å². The lowest BCUT2D eigenvalue weighted by Gasteiger charge is -2.31. The van der Waals surface area contributed by atoms with E-state index in [0.29, 0.717) is 6.61 Å². The van der Waals surface area contributed by atoms with Gasteiger partial charge in [-0.3, -0.25) is 4.90 Å². The molecule has 0 N–H and O–H groups in total. The summed E-state index contributed by atoms with van der Waals surface area (Å²) >= 11 is 0. The number of carbonyl (C=O) groups excluding carboxylic acids is 1. The van der Waals surface area contributed by atoms with Crippen LogP contribution in [0.25, 0.3) is 12.2 Å². The highest BCUT2D eigenvalue weighted by atomic mass is 16.6. The van der Waals surface area contributed by atoms with E-state index in [0.717, 1.165) is 16.8 Å². The lowest BCUT2D eigenvalue weighted by atomic mass is 10.0. The number of rotatable bonds is 3. The molecule has 0 bridgehead atoms. The lowest BCUT2D eigenvalue weighted by molar-refractivity contribution is 0.159. The molecule has 0 radical (unpaired) electrons. The summed E-state index contributed by atoms with van der Waals surface area (Å²) in [6.07, 6.45) is 7.77. The zero-order chi connectivity index (χ0) is 16.1. The minimum absolute atomic E-state index is 0.163. The van der Waals surface area contributed by atoms with Crippen LogP contribution in [-0.2, 0) is 4.74 Å². The normalized spacial score (nSPS) is 16.4. The van der Waals surface area contributed by atoms with Crippen molar-refractivity contribution in [2.75, 3.05) is 11.5 Å². The SMILES string of the molecule is CCOC(=O)N1c2ccccc2C=C[C@@H]1/C=C/c1ccccc1. The second-order valence-corrected chi connectivity index (χ2v) is 5.25. The third-order valence-corrected chi connectivity index (χ3v) is 3.72. The molecule has 0 aliphatic carbocycles. The number of hydrogen-bond donors (Lipinski definition) is 0. The number of hydrogen-bond acceptors (Lipinski definition) is 2. The van der Waals surface area contributed by atoms with E-state index in [9.17, 15) is 4.79 Å². The smallest absolute Gasteiger partial charge is 0.415 e. The van der Waals surface area contributed by atoms with Crippen LogP contribution in [0, 0.1) is 0 Å². The summed E-state index contributed by atoms with van der Waals surface area (Å²) in [5.41, 5.74) is 2.99. The predicted molar refractivity (Wildman–Crippen MR) is 94.2 cm³/mol. The summed E-state index contributed by atoms with van der Waals surface area (Å²) in [6.45, 7) is 2.18. The first-order valence-corrected chi connectivity index (χ1v) is 7.76. The van der Waals surface area contributed by atoms with Gasteiger partial charge in [-0.1, -0.05) is 72.8 Å². The van der Waals surface area contributed by atoms with E-state index >= 15 is 0 Å². The Morgan fingerprint density at radius 1 is 1.13 bits per heavy atom. The molecule has 3 rings (SSSR count). The standard InChI is InChI=1S/C20H19NO2/c1-2-23-20(22)21-18(14-12-16-8-4-3-5-9-16)15-13-17-10-6-7-11-19(17)21/h3-15,18H,2H2,1H3/b14-12+/t18-/m0/s1. The Bertz CT molecular complexity index is 734. The monoisotopic (exact) mass is 305 g/mol. The first-order valence-electron chi connectivity index (χ1n) is 7.76. The van der Waals surface area contributed by atoms with Gasteiger partial charge in [-0.15, -0.1) is 0 Å². The topological polar surface area (TPSA) is 29.5 Å². The second-order valence-electron chi connectivity index (χ2n) is 5.25. The first kappa shape index (κ1) is 15.1. The third kappa shape index (κ3) is 3.34. The molecule has 1 atom stereocenters. The Hall–Kier alpha value is -2.81. The van der Waals surface area contributed by atoms with Gasteiger partial charge in [0, 0.05) is 0 Å². The van der Waals surface area contributed by atoms with Crippen LogP contribution >= 0.6 is 0 Å². The van der Waals surface area contributed by atoms with Crippen molar-refractivity contribution in [3.63, 3.8) is 0 Å². The van der Waals surface area contributed by atoms with Gasteiger partial charge in [0.2, 0.25) is 0 Å². The highest BCUT2D eigenvalue weighted by Gasteiger charge is 2.27. The third-order valence-electron chi connectivity index (χ3n) is 3.72. The maximum atomic E-state index is 12.4. The van der Waals surface area contributed by atoms with Crippen molar-refractivity contribution in [3.05, 3.63) is 77.9 Å². The molecule has 0 unspecified atom stereocenters. The Kier molecular flexibility index (Phi) is 4.57. The Morgan fingerprint density at radius 2 is 1.87 bits per heavy atom. The predicted octanol–water partition coefficient (Wildman–Crippen LogP) is 4.76. The van der Waals surface area contributed by atoms with Crippen LogP contribution in [-0.4, -0.2) is 18.7 Å². The van der Waals surface area contributed by atoms with Crippen molar-refractivity contribution in [3.8, 4) is 0 Å². The van der Waals surface area contributed by atoms with Crippen LogP contribution in [0.15, 0.2) is 66.7 Å². The fourth-order valence-corrected chi connectivity index (χ4v) is 2.63. The summed E-state index contributed by atoms with van der Waals surface area (Å²) in [5, 5.41) is 0. The average Bonchev–Trinajstić information content (AvgIpc) is 2.60. The van der Waals surface area contributed by atoms with Crippen molar-refractivity contribution in [1.82, 2.24) is 0 Å². The number of ether oxygens (including phenoxy) is 1. The molecule has 0 saturated carbocycles. The van der Waals surface area contributed by atoms with Gasteiger partial charge in [0.25, 0.3) is 0 Å². The number of para-hydroxylation sites is 1. The van der Waals surface area contributed by atoms with Crippen LogP contribution < -0.4 is 4.90 Å². The minimum Gasteiger partial charge on any atom is -0.449 e. The zero-order valence-corrected chi connectivity index (χ0v) is 13.1. The van der Waals surface area contributed by atoms with Gasteiger partial charge in [0.15, 0.2) is 0 Å². The van der Waals surface area contributed by atoms with E-state index in [4.69, 9.17) is 4.74 Å². The van der Waals surface area contributed by atoms with Gasteiger partial charge >= 0.3 is 6.09 Å². The quantitative estimate of drug-likeness (QED) is 0.818. The first-order chi connectivity index (χ1) is 11.3. The molecule has 116 valence electrons. The number of carbonyl (C=O) groups is 1. The molecule has 1 amide bonds. The van der Waals surface area contributed by atoms with E-state index in [1.165, 1.54) is 0 Å². The second kappa shape index (κ2) is 6.97. The van der Waals surface area contributed by atoms with Crippen molar-refractivity contribution in [2.45, 2.75) is 13.0 Å². The van der Waals surface area contributed by atoms with Crippen molar-refractivity contribution in [2.24, 2.45) is 0 Å². The number of nitrogens with zero attached hydrogens (tertiary/aromatic N) is 1. The summed E-state index contributed by atoms with van der Waals surface area (Å²) in [5.74, 6) is 0. The Morgan fingerprint density at radius 3 is 2.65 bits per heavy atom. The highest BCUT2D eigenvalue weighted by Crippen LogP contribution is 2.30. The molecule has 2 aromatic rings. The highest BCUT2D eigenvalue weighted by molar-refractivity contribution is 5.94. The van der Waals surface area contributed by atoms with Gasteiger partial charge in [-0.2, -0.15) is 0 Å². The van der Waals surface area contributed by atoms with Gasteiger partial charge in [-0.25, -0.2) is 4.79 Å². The fourth-order valence-electron chi connectivity index (χ4n) is 2.63. The molecule has 0 spiro atoms. The molecular formula is C20H19NO2. The molecule has 0 saturated heterocycles. The van der Waals surface area contributed by atoms with Gasteiger partial charge < -0.3 is 4.74 Å². The van der Waals surface area contributed by atoms with Crippen LogP contribution in [0.2, 0.25) is 0 Å². The summed E-state index contributed by atoms with van der Waals surface area (Å²) in [7, 11) is 0. The van der Waals surface area contributed by atoms with Crippen molar-refractivity contribution >= 4 is 23.9 Å². The number of amides is 1. The van der Waals surface area contributed by atoms with E-state index in [-0.39, 0.29) is 12.1 Å². The summed E-state index contributed by atoms with van der Waals surface area (Å²) < 4.78 is 5.24. The number of benzene rings is 2. The molecule has 3 heteroatoms. The molecule has 0 aromatic heterocycles. The molecule has 1 aliphatic heterocycles. The van der Waals surface area contributed by atoms with E-state index < -0.39 is 0 Å². The summed E-state index contributed by atoms with van der Waals surface area (Å²) in [6, 6.07) is 17.7. The molecular weight excluding hydrogens is 286 g/mol. The lowest BCUT2D eigenvalue weighted by Crippen LogP contribution is -2.40. The molecule has 3 nitrogen and oxygen atoms in total. The summed E-state index contributed by atoms with van der Waals surface area (Å²) in [4.78, 5) is 14.1. The zero-order valence-electron chi connectivity index (χ0n) is 13.1. The van der Waals surface area contributed by atoms with Crippen molar-refractivity contribution < 1.29 is 9.53 Å². The van der Waals surface area contributed by atoms with Crippen LogP contribution in [0.1, 0.15) is 18.1 Å². The fraction of sp³-hybridized carbons (Fsp3) is 0.150. The largest absolute Gasteiger partial charge is 0.449 e. The van der Waals surface area contributed by atoms with Crippen LogP contribution in [0.3, 0.4) is 0 Å².